The highest BCUT2D eigenvalue weighted by atomic mass is 19.3. The maximum atomic E-state index is 12.2. The zero-order valence-electron chi connectivity index (χ0n) is 16.8. The molecule has 0 aliphatic heterocycles. The summed E-state index contributed by atoms with van der Waals surface area (Å²) >= 11 is 0. The lowest BCUT2D eigenvalue weighted by Gasteiger charge is -2.19. The van der Waals surface area contributed by atoms with Crippen LogP contribution in [0.1, 0.15) is 48.7 Å². The molecule has 0 radical (unpaired) electrons. The van der Waals surface area contributed by atoms with Gasteiger partial charge in [-0.15, -0.1) is 0 Å². The average Bonchev–Trinajstić information content (AvgIpc) is 2.66. The summed E-state index contributed by atoms with van der Waals surface area (Å²) in [5, 5.41) is 5.44. The minimum Gasteiger partial charge on any atom is -0.435 e. The Morgan fingerprint density at radius 3 is 2.14 bits per heavy atom. The number of halogens is 2. The zero-order valence-corrected chi connectivity index (χ0v) is 16.8. The van der Waals surface area contributed by atoms with Crippen LogP contribution >= 0.6 is 0 Å². The second kappa shape index (κ2) is 10.0. The Morgan fingerprint density at radius 2 is 1.59 bits per heavy atom. The molecule has 156 valence electrons. The molecule has 0 aromatic heterocycles. The molecule has 0 aliphatic rings. The molecule has 2 amide bonds. The molecule has 2 N–H and O–H groups in total. The van der Waals surface area contributed by atoms with Crippen LogP contribution in [0, 0.1) is 0 Å². The summed E-state index contributed by atoms with van der Waals surface area (Å²) in [6.07, 6.45) is 0.137. The van der Waals surface area contributed by atoms with Crippen molar-refractivity contribution in [3.8, 4) is 5.75 Å². The number of ether oxygens (including phenoxy) is 1. The normalized spacial score (nSPS) is 11.2. The number of hydrogen-bond donors (Lipinski definition) is 2. The Bertz CT molecular complexity index is 813. The number of amides is 2. The van der Waals surface area contributed by atoms with E-state index >= 15 is 0 Å². The van der Waals surface area contributed by atoms with Crippen LogP contribution in [0.25, 0.3) is 0 Å². The fraction of sp³-hybridized carbons (Fsp3) is 0.364. The molecular formula is C22H26F2N2O3. The molecular weight excluding hydrogens is 378 g/mol. The first-order valence-electron chi connectivity index (χ1n) is 9.34. The summed E-state index contributed by atoms with van der Waals surface area (Å²) in [6, 6.07) is 13.4. The summed E-state index contributed by atoms with van der Waals surface area (Å²) < 4.78 is 28.5. The van der Waals surface area contributed by atoms with Gasteiger partial charge >= 0.3 is 6.61 Å². The van der Waals surface area contributed by atoms with Crippen LogP contribution in [0.5, 0.6) is 5.75 Å². The maximum Gasteiger partial charge on any atom is 0.387 e. The molecule has 0 saturated carbocycles. The van der Waals surface area contributed by atoms with Crippen LogP contribution < -0.4 is 15.4 Å². The number of benzene rings is 2. The molecule has 2 aromatic carbocycles. The molecule has 0 bridgehead atoms. The molecule has 29 heavy (non-hydrogen) atoms. The third-order valence-electron chi connectivity index (χ3n) is 4.29. The quantitative estimate of drug-likeness (QED) is 0.698. The van der Waals surface area contributed by atoms with Crippen molar-refractivity contribution in [1.29, 1.82) is 0 Å². The number of carbonyl (C=O) groups is 2. The number of hydrogen-bond acceptors (Lipinski definition) is 3. The summed E-state index contributed by atoms with van der Waals surface area (Å²) in [6.45, 7) is 3.92. The van der Waals surface area contributed by atoms with E-state index in [4.69, 9.17) is 0 Å². The lowest BCUT2D eigenvalue weighted by atomic mass is 9.87. The third-order valence-corrected chi connectivity index (χ3v) is 4.29. The van der Waals surface area contributed by atoms with Gasteiger partial charge in [-0.25, -0.2) is 0 Å². The molecule has 0 fully saturated rings. The van der Waals surface area contributed by atoms with Gasteiger partial charge in [0, 0.05) is 25.1 Å². The molecule has 2 rings (SSSR count). The van der Waals surface area contributed by atoms with Gasteiger partial charge in [0.2, 0.25) is 5.91 Å². The maximum absolute atomic E-state index is 12.2. The van der Waals surface area contributed by atoms with E-state index in [9.17, 15) is 18.4 Å². The number of nitrogens with one attached hydrogen (secondary N) is 2. The van der Waals surface area contributed by atoms with Crippen molar-refractivity contribution in [3.63, 3.8) is 0 Å². The number of rotatable bonds is 8. The molecule has 2 aromatic rings. The van der Waals surface area contributed by atoms with E-state index in [1.54, 1.807) is 24.3 Å². The van der Waals surface area contributed by atoms with E-state index in [-0.39, 0.29) is 42.5 Å². The van der Waals surface area contributed by atoms with Crippen molar-refractivity contribution in [2.75, 3.05) is 6.54 Å². The van der Waals surface area contributed by atoms with Crippen LogP contribution in [0.4, 0.5) is 8.78 Å². The molecule has 0 unspecified atom stereocenters. The van der Waals surface area contributed by atoms with E-state index in [0.717, 1.165) is 11.1 Å². The molecule has 0 atom stereocenters. The number of carbonyl (C=O) groups excluding carboxylic acids is 2. The lowest BCUT2D eigenvalue weighted by Crippen LogP contribution is -2.30. The van der Waals surface area contributed by atoms with Crippen molar-refractivity contribution >= 4 is 11.8 Å². The first kappa shape index (κ1) is 22.3. The second-order valence-corrected chi connectivity index (χ2v) is 7.63. The van der Waals surface area contributed by atoms with Crippen molar-refractivity contribution < 1.29 is 23.1 Å². The summed E-state index contributed by atoms with van der Waals surface area (Å²) in [5.74, 6) is -0.387. The molecule has 0 aliphatic carbocycles. The van der Waals surface area contributed by atoms with Gasteiger partial charge in [0.05, 0.1) is 0 Å². The minimum atomic E-state index is -2.87. The first-order chi connectivity index (χ1) is 13.6. The Kier molecular flexibility index (Phi) is 7.70. The van der Waals surface area contributed by atoms with Gasteiger partial charge in [-0.05, 0) is 40.8 Å². The Hall–Kier alpha value is -2.96. The van der Waals surface area contributed by atoms with Gasteiger partial charge in [0.1, 0.15) is 5.75 Å². The summed E-state index contributed by atoms with van der Waals surface area (Å²) in [4.78, 5) is 24.1. The predicted octanol–water partition coefficient (Wildman–Crippen LogP) is 4.02. The van der Waals surface area contributed by atoms with E-state index in [2.05, 4.69) is 36.1 Å². The van der Waals surface area contributed by atoms with Gasteiger partial charge < -0.3 is 15.4 Å². The number of alkyl halides is 2. The van der Waals surface area contributed by atoms with Gasteiger partial charge in [-0.1, -0.05) is 45.0 Å². The van der Waals surface area contributed by atoms with E-state index in [1.165, 1.54) is 12.1 Å². The van der Waals surface area contributed by atoms with E-state index < -0.39 is 6.61 Å². The van der Waals surface area contributed by atoms with Crippen molar-refractivity contribution in [2.45, 2.75) is 45.8 Å². The Morgan fingerprint density at radius 1 is 0.966 bits per heavy atom. The fourth-order valence-electron chi connectivity index (χ4n) is 2.59. The summed E-state index contributed by atoms with van der Waals surface area (Å²) in [7, 11) is 0. The zero-order chi connectivity index (χ0) is 21.4. The molecule has 5 nitrogen and oxygen atoms in total. The van der Waals surface area contributed by atoms with Crippen LogP contribution in [0.2, 0.25) is 0 Å². The van der Waals surface area contributed by atoms with E-state index in [0.29, 0.717) is 5.56 Å². The van der Waals surface area contributed by atoms with Gasteiger partial charge in [0.15, 0.2) is 0 Å². The molecule has 0 saturated heterocycles. The SMILES string of the molecule is CC(C)(C)c1ccc(C(=O)NCCC(=O)NCc2ccc(OC(F)F)cc2)cc1. The van der Waals surface area contributed by atoms with Crippen LogP contribution in [0.15, 0.2) is 48.5 Å². The predicted molar refractivity (Wildman–Crippen MR) is 107 cm³/mol. The van der Waals surface area contributed by atoms with Gasteiger partial charge in [-0.2, -0.15) is 8.78 Å². The van der Waals surface area contributed by atoms with Crippen molar-refractivity contribution in [3.05, 3.63) is 65.2 Å². The smallest absolute Gasteiger partial charge is 0.387 e. The van der Waals surface area contributed by atoms with Crippen molar-refractivity contribution in [2.24, 2.45) is 0 Å². The average molecular weight is 404 g/mol. The van der Waals surface area contributed by atoms with Gasteiger partial charge in [0.25, 0.3) is 5.91 Å². The molecule has 0 spiro atoms. The minimum absolute atomic E-state index is 0.0172. The monoisotopic (exact) mass is 404 g/mol. The van der Waals surface area contributed by atoms with Crippen LogP contribution in [-0.2, 0) is 16.8 Å². The van der Waals surface area contributed by atoms with Gasteiger partial charge in [-0.3, -0.25) is 9.59 Å². The largest absolute Gasteiger partial charge is 0.435 e. The second-order valence-electron chi connectivity index (χ2n) is 7.63. The third kappa shape index (κ3) is 7.52. The Balaban J connectivity index is 1.72. The highest BCUT2D eigenvalue weighted by Gasteiger charge is 2.14. The highest BCUT2D eigenvalue weighted by molar-refractivity contribution is 5.94. The standard InChI is InChI=1S/C22H26F2N2O3/c1-22(2,3)17-8-6-16(7-9-17)20(28)25-13-12-19(27)26-14-15-4-10-18(11-5-15)29-21(23)24/h4-11,21H,12-14H2,1-3H3,(H,25,28)(H,26,27). The van der Waals surface area contributed by atoms with E-state index in [1.807, 2.05) is 12.1 Å². The topological polar surface area (TPSA) is 67.4 Å². The lowest BCUT2D eigenvalue weighted by molar-refractivity contribution is -0.121. The molecule has 0 heterocycles. The Labute approximate surface area is 169 Å². The van der Waals surface area contributed by atoms with Crippen LogP contribution in [0.3, 0.4) is 0 Å². The van der Waals surface area contributed by atoms with Crippen LogP contribution in [-0.4, -0.2) is 25.0 Å². The van der Waals surface area contributed by atoms with Crippen molar-refractivity contribution in [1.82, 2.24) is 10.6 Å². The highest BCUT2D eigenvalue weighted by Crippen LogP contribution is 2.22. The first-order valence-corrected chi connectivity index (χ1v) is 9.34. The molecule has 7 heteroatoms. The fourth-order valence-corrected chi connectivity index (χ4v) is 2.59. The summed E-state index contributed by atoms with van der Waals surface area (Å²) in [5.41, 5.74) is 2.46.